The van der Waals surface area contributed by atoms with E-state index in [1.165, 1.54) is 7.11 Å². The van der Waals surface area contributed by atoms with E-state index in [2.05, 4.69) is 25.8 Å². The average molecular weight is 498 g/mol. The summed E-state index contributed by atoms with van der Waals surface area (Å²) in [5, 5.41) is 8.68. The zero-order valence-electron chi connectivity index (χ0n) is 21.0. The molecule has 2 aliphatic heterocycles. The van der Waals surface area contributed by atoms with Crippen molar-refractivity contribution in [3.05, 3.63) is 42.0 Å². The Labute approximate surface area is 211 Å². The molecule has 0 unspecified atom stereocenters. The lowest BCUT2D eigenvalue weighted by atomic mass is 10.1. The predicted molar refractivity (Wildman–Crippen MR) is 140 cm³/mol. The van der Waals surface area contributed by atoms with Crippen LogP contribution in [0, 0.1) is 0 Å². The molecule has 10 nitrogen and oxygen atoms in total. The number of ether oxygens (including phenoxy) is 3. The maximum absolute atomic E-state index is 13.2. The number of methoxy groups -OCH3 is 2. The molecular formula is C26H35N5O5. The van der Waals surface area contributed by atoms with Crippen molar-refractivity contribution in [3.8, 4) is 11.5 Å². The number of benzene rings is 2. The largest absolute Gasteiger partial charge is 0.497 e. The van der Waals surface area contributed by atoms with E-state index in [1.54, 1.807) is 31.4 Å². The van der Waals surface area contributed by atoms with Crippen molar-refractivity contribution < 1.29 is 23.8 Å². The van der Waals surface area contributed by atoms with Crippen LogP contribution in [0.1, 0.15) is 23.2 Å². The second-order valence-electron chi connectivity index (χ2n) is 8.78. The number of anilines is 3. The van der Waals surface area contributed by atoms with Crippen LogP contribution in [-0.4, -0.2) is 83.5 Å². The van der Waals surface area contributed by atoms with Gasteiger partial charge in [-0.05, 0) is 43.2 Å². The SMILES string of the molecule is COc1ccc(NC(=O)Nc2ccc(N3CCCC3)c(C(=O)NCCN3CCOCC3)c2)c(OC)c1. The van der Waals surface area contributed by atoms with Gasteiger partial charge in [0.1, 0.15) is 11.5 Å². The van der Waals surface area contributed by atoms with Crippen LogP contribution in [0.25, 0.3) is 0 Å². The highest BCUT2D eigenvalue weighted by atomic mass is 16.5. The van der Waals surface area contributed by atoms with Gasteiger partial charge in [-0.25, -0.2) is 4.79 Å². The summed E-state index contributed by atoms with van der Waals surface area (Å²) in [4.78, 5) is 30.4. The van der Waals surface area contributed by atoms with Gasteiger partial charge in [-0.2, -0.15) is 0 Å². The third-order valence-corrected chi connectivity index (χ3v) is 6.42. The summed E-state index contributed by atoms with van der Waals surface area (Å²) in [7, 11) is 3.09. The Hall–Kier alpha value is -3.50. The molecule has 0 aromatic heterocycles. The Balaban J connectivity index is 1.44. The predicted octanol–water partition coefficient (Wildman–Crippen LogP) is 3.01. The Morgan fingerprint density at radius 3 is 2.44 bits per heavy atom. The number of nitrogens with zero attached hydrogens (tertiary/aromatic N) is 2. The summed E-state index contributed by atoms with van der Waals surface area (Å²) in [6, 6.07) is 10.2. The van der Waals surface area contributed by atoms with Gasteiger partial charge in [-0.15, -0.1) is 0 Å². The number of morpholine rings is 1. The molecule has 2 aromatic carbocycles. The molecule has 4 rings (SSSR count). The molecule has 2 fully saturated rings. The average Bonchev–Trinajstić information content (AvgIpc) is 3.44. The first kappa shape index (κ1) is 25.6. The van der Waals surface area contributed by atoms with Gasteiger partial charge in [0.05, 0.1) is 38.7 Å². The van der Waals surface area contributed by atoms with E-state index >= 15 is 0 Å². The zero-order chi connectivity index (χ0) is 25.3. The van der Waals surface area contributed by atoms with Gasteiger partial charge >= 0.3 is 6.03 Å². The number of hydrogen-bond acceptors (Lipinski definition) is 7. The standard InChI is InChI=1S/C26H35N5O5/c1-34-20-6-7-22(24(18-20)35-2)29-26(33)28-19-5-8-23(31-10-3-4-11-31)21(17-19)25(32)27-9-12-30-13-15-36-16-14-30/h5-8,17-18H,3-4,9-16H2,1-2H3,(H,27,32)(H2,28,29,33). The van der Waals surface area contributed by atoms with Crippen LogP contribution in [-0.2, 0) is 4.74 Å². The lowest BCUT2D eigenvalue weighted by Crippen LogP contribution is -2.41. The summed E-state index contributed by atoms with van der Waals surface area (Å²) in [5.74, 6) is 0.958. The molecular weight excluding hydrogens is 462 g/mol. The Morgan fingerprint density at radius 2 is 1.72 bits per heavy atom. The summed E-state index contributed by atoms with van der Waals surface area (Å²) in [5.41, 5.74) is 2.48. The number of carbonyl (C=O) groups is 2. The minimum Gasteiger partial charge on any atom is -0.497 e. The van der Waals surface area contributed by atoms with Crippen LogP contribution >= 0.6 is 0 Å². The van der Waals surface area contributed by atoms with Gasteiger partial charge in [0, 0.05) is 56.7 Å². The molecule has 0 radical (unpaired) electrons. The van der Waals surface area contributed by atoms with Gasteiger partial charge < -0.3 is 35.1 Å². The Kier molecular flexibility index (Phi) is 8.85. The molecule has 2 aromatic rings. The maximum atomic E-state index is 13.2. The first-order valence-electron chi connectivity index (χ1n) is 12.3. The molecule has 194 valence electrons. The van der Waals surface area contributed by atoms with E-state index < -0.39 is 6.03 Å². The minimum atomic E-state index is -0.439. The fourth-order valence-electron chi connectivity index (χ4n) is 4.46. The highest BCUT2D eigenvalue weighted by molar-refractivity contribution is 6.04. The zero-order valence-corrected chi connectivity index (χ0v) is 21.0. The smallest absolute Gasteiger partial charge is 0.323 e. The molecule has 0 spiro atoms. The lowest BCUT2D eigenvalue weighted by molar-refractivity contribution is 0.0383. The molecule has 3 N–H and O–H groups in total. The van der Waals surface area contributed by atoms with Crippen molar-refractivity contribution in [2.75, 3.05) is 82.2 Å². The highest BCUT2D eigenvalue weighted by Crippen LogP contribution is 2.30. The fraction of sp³-hybridized carbons (Fsp3) is 0.462. The molecule has 2 aliphatic rings. The summed E-state index contributed by atoms with van der Waals surface area (Å²) in [6.07, 6.45) is 2.20. The van der Waals surface area contributed by atoms with E-state index in [0.29, 0.717) is 35.0 Å². The second-order valence-corrected chi connectivity index (χ2v) is 8.78. The van der Waals surface area contributed by atoms with Crippen LogP contribution in [0.4, 0.5) is 21.9 Å². The third kappa shape index (κ3) is 6.58. The van der Waals surface area contributed by atoms with Gasteiger partial charge in [0.15, 0.2) is 0 Å². The molecule has 10 heteroatoms. The maximum Gasteiger partial charge on any atom is 0.323 e. The molecule has 2 heterocycles. The van der Waals surface area contributed by atoms with Gasteiger partial charge in [-0.1, -0.05) is 0 Å². The van der Waals surface area contributed by atoms with Crippen molar-refractivity contribution in [2.24, 2.45) is 0 Å². The van der Waals surface area contributed by atoms with Crippen LogP contribution in [0.3, 0.4) is 0 Å². The number of amides is 3. The molecule has 0 aliphatic carbocycles. The van der Waals surface area contributed by atoms with Crippen molar-refractivity contribution in [2.45, 2.75) is 12.8 Å². The molecule has 0 atom stereocenters. The van der Waals surface area contributed by atoms with Crippen molar-refractivity contribution >= 4 is 29.0 Å². The second kappa shape index (κ2) is 12.5. The van der Waals surface area contributed by atoms with Gasteiger partial charge in [0.25, 0.3) is 5.91 Å². The molecule has 0 bridgehead atoms. The summed E-state index contributed by atoms with van der Waals surface area (Å²) in [6.45, 7) is 6.37. The fourth-order valence-corrected chi connectivity index (χ4v) is 4.46. The topological polar surface area (TPSA) is 104 Å². The summed E-state index contributed by atoms with van der Waals surface area (Å²) < 4.78 is 15.9. The normalized spacial score (nSPS) is 15.9. The summed E-state index contributed by atoms with van der Waals surface area (Å²) >= 11 is 0. The van der Waals surface area contributed by atoms with E-state index in [-0.39, 0.29) is 5.91 Å². The third-order valence-electron chi connectivity index (χ3n) is 6.42. The first-order chi connectivity index (χ1) is 17.6. The van der Waals surface area contributed by atoms with Gasteiger partial charge in [0.2, 0.25) is 0 Å². The molecule has 0 saturated carbocycles. The lowest BCUT2D eigenvalue weighted by Gasteiger charge is -2.26. The van der Waals surface area contributed by atoms with E-state index in [4.69, 9.17) is 14.2 Å². The highest BCUT2D eigenvalue weighted by Gasteiger charge is 2.21. The number of nitrogens with one attached hydrogen (secondary N) is 3. The van der Waals surface area contributed by atoms with E-state index in [9.17, 15) is 9.59 Å². The van der Waals surface area contributed by atoms with Gasteiger partial charge in [-0.3, -0.25) is 9.69 Å². The van der Waals surface area contributed by atoms with Crippen LogP contribution in [0.5, 0.6) is 11.5 Å². The van der Waals surface area contributed by atoms with E-state index in [0.717, 1.165) is 64.5 Å². The van der Waals surface area contributed by atoms with E-state index in [1.807, 2.05) is 12.1 Å². The number of urea groups is 1. The quantitative estimate of drug-likeness (QED) is 0.489. The number of carbonyl (C=O) groups excluding carboxylic acids is 2. The molecule has 3 amide bonds. The Bertz CT molecular complexity index is 1050. The van der Waals surface area contributed by atoms with Crippen LogP contribution in [0.2, 0.25) is 0 Å². The minimum absolute atomic E-state index is 0.147. The first-order valence-corrected chi connectivity index (χ1v) is 12.3. The van der Waals surface area contributed by atoms with Crippen LogP contribution < -0.4 is 30.3 Å². The van der Waals surface area contributed by atoms with Crippen LogP contribution in [0.15, 0.2) is 36.4 Å². The monoisotopic (exact) mass is 497 g/mol. The molecule has 36 heavy (non-hydrogen) atoms. The molecule has 2 saturated heterocycles. The Morgan fingerprint density at radius 1 is 0.944 bits per heavy atom. The van der Waals surface area contributed by atoms with Crippen molar-refractivity contribution in [3.63, 3.8) is 0 Å². The van der Waals surface area contributed by atoms with Crippen molar-refractivity contribution in [1.29, 1.82) is 0 Å². The van der Waals surface area contributed by atoms with Crippen molar-refractivity contribution in [1.82, 2.24) is 10.2 Å². The number of hydrogen-bond donors (Lipinski definition) is 3. The number of rotatable bonds is 9.